The second-order valence-electron chi connectivity index (χ2n) is 6.11. The highest BCUT2D eigenvalue weighted by Crippen LogP contribution is 2.29. The molecule has 1 aromatic rings. The second kappa shape index (κ2) is 10.2. The first kappa shape index (κ1) is 21.2. The monoisotopic (exact) mass is 362 g/mol. The van der Waals surface area contributed by atoms with E-state index in [1.807, 2.05) is 13.8 Å². The van der Waals surface area contributed by atoms with Crippen LogP contribution < -0.4 is 0 Å². The smallest absolute Gasteiger partial charge is 0.395 e. The molecule has 0 amide bonds. The summed E-state index contributed by atoms with van der Waals surface area (Å²) in [5, 5.41) is 0. The SMILES string of the molecule is CCO[Si](C)(CCCCCCc1ccc(C(F)(F)F)cc1)OCC. The maximum Gasteiger partial charge on any atom is 0.416 e. The van der Waals surface area contributed by atoms with Gasteiger partial charge in [-0.05, 0) is 57.0 Å². The summed E-state index contributed by atoms with van der Waals surface area (Å²) in [5.74, 6) is 0. The van der Waals surface area contributed by atoms with Gasteiger partial charge < -0.3 is 8.85 Å². The molecule has 2 nitrogen and oxygen atoms in total. The van der Waals surface area contributed by atoms with Gasteiger partial charge in [0, 0.05) is 13.2 Å². The van der Waals surface area contributed by atoms with Crippen molar-refractivity contribution in [3.63, 3.8) is 0 Å². The molecular formula is C18H29F3O2Si. The summed E-state index contributed by atoms with van der Waals surface area (Å²) in [6, 6.07) is 6.48. The zero-order valence-corrected chi connectivity index (χ0v) is 15.9. The molecule has 1 rings (SSSR count). The zero-order chi connectivity index (χ0) is 18.1. The maximum atomic E-state index is 12.5. The predicted molar refractivity (Wildman–Crippen MR) is 93.3 cm³/mol. The van der Waals surface area contributed by atoms with Crippen LogP contribution in [0.4, 0.5) is 13.2 Å². The minimum atomic E-state index is -4.25. The molecule has 0 radical (unpaired) electrons. The molecule has 138 valence electrons. The molecule has 0 atom stereocenters. The molecule has 0 spiro atoms. The summed E-state index contributed by atoms with van der Waals surface area (Å²) in [5.41, 5.74) is 0.383. The zero-order valence-electron chi connectivity index (χ0n) is 14.9. The summed E-state index contributed by atoms with van der Waals surface area (Å²) >= 11 is 0. The Morgan fingerprint density at radius 1 is 0.875 bits per heavy atom. The highest BCUT2D eigenvalue weighted by atomic mass is 28.4. The van der Waals surface area contributed by atoms with E-state index in [0.717, 1.165) is 55.8 Å². The van der Waals surface area contributed by atoms with Crippen LogP contribution >= 0.6 is 0 Å². The summed E-state index contributed by atoms with van der Waals surface area (Å²) < 4.78 is 49.1. The number of aryl methyl sites for hydroxylation is 1. The fourth-order valence-corrected chi connectivity index (χ4v) is 5.27. The minimum Gasteiger partial charge on any atom is -0.395 e. The average Bonchev–Trinajstić information content (AvgIpc) is 2.51. The molecular weight excluding hydrogens is 333 g/mol. The van der Waals surface area contributed by atoms with Gasteiger partial charge in [-0.25, -0.2) is 0 Å². The first-order valence-corrected chi connectivity index (χ1v) is 11.3. The molecule has 0 unspecified atom stereocenters. The minimum absolute atomic E-state index is 0.581. The van der Waals surface area contributed by atoms with Crippen LogP contribution in [0, 0.1) is 0 Å². The molecule has 0 saturated carbocycles. The molecule has 0 bridgehead atoms. The first-order chi connectivity index (χ1) is 11.3. The van der Waals surface area contributed by atoms with Gasteiger partial charge in [-0.15, -0.1) is 0 Å². The van der Waals surface area contributed by atoms with Gasteiger partial charge in [0.2, 0.25) is 0 Å². The van der Waals surface area contributed by atoms with Crippen molar-refractivity contribution in [1.29, 1.82) is 0 Å². The third kappa shape index (κ3) is 7.81. The largest absolute Gasteiger partial charge is 0.416 e. The van der Waals surface area contributed by atoms with Crippen molar-refractivity contribution in [2.45, 2.75) is 64.7 Å². The van der Waals surface area contributed by atoms with Crippen LogP contribution in [0.5, 0.6) is 0 Å². The van der Waals surface area contributed by atoms with E-state index in [2.05, 4.69) is 6.55 Å². The van der Waals surface area contributed by atoms with Crippen molar-refractivity contribution < 1.29 is 22.0 Å². The van der Waals surface area contributed by atoms with E-state index in [4.69, 9.17) is 8.85 Å². The molecule has 0 aliphatic heterocycles. The fourth-order valence-electron chi connectivity index (χ4n) is 2.79. The fraction of sp³-hybridized carbons (Fsp3) is 0.667. The van der Waals surface area contributed by atoms with Gasteiger partial charge in [-0.1, -0.05) is 31.4 Å². The van der Waals surface area contributed by atoms with Crippen LogP contribution in [0.2, 0.25) is 12.6 Å². The third-order valence-electron chi connectivity index (χ3n) is 4.03. The first-order valence-electron chi connectivity index (χ1n) is 8.75. The molecule has 0 fully saturated rings. The molecule has 0 saturated heterocycles. The van der Waals surface area contributed by atoms with Gasteiger partial charge in [-0.2, -0.15) is 13.2 Å². The number of rotatable bonds is 11. The lowest BCUT2D eigenvalue weighted by atomic mass is 10.0. The highest BCUT2D eigenvalue weighted by Gasteiger charge is 2.30. The van der Waals surface area contributed by atoms with Crippen LogP contribution in [-0.4, -0.2) is 21.8 Å². The van der Waals surface area contributed by atoms with Gasteiger partial charge in [0.25, 0.3) is 0 Å². The lowest BCUT2D eigenvalue weighted by Gasteiger charge is -2.25. The van der Waals surface area contributed by atoms with Gasteiger partial charge in [-0.3, -0.25) is 0 Å². The van der Waals surface area contributed by atoms with E-state index < -0.39 is 20.3 Å². The number of halogens is 3. The van der Waals surface area contributed by atoms with E-state index in [-0.39, 0.29) is 0 Å². The van der Waals surface area contributed by atoms with E-state index in [1.54, 1.807) is 12.1 Å². The molecule has 1 aromatic carbocycles. The Morgan fingerprint density at radius 2 is 1.42 bits per heavy atom. The second-order valence-corrected chi connectivity index (χ2v) is 9.45. The summed E-state index contributed by atoms with van der Waals surface area (Å²) in [7, 11) is -2.00. The topological polar surface area (TPSA) is 18.5 Å². The van der Waals surface area contributed by atoms with E-state index in [0.29, 0.717) is 13.2 Å². The van der Waals surface area contributed by atoms with Gasteiger partial charge in [0.1, 0.15) is 0 Å². The van der Waals surface area contributed by atoms with Gasteiger partial charge in [0.05, 0.1) is 5.56 Å². The van der Waals surface area contributed by atoms with Gasteiger partial charge >= 0.3 is 14.7 Å². The average molecular weight is 363 g/mol. The Bertz CT molecular complexity index is 454. The van der Waals surface area contributed by atoms with E-state index in [9.17, 15) is 13.2 Å². The maximum absolute atomic E-state index is 12.5. The van der Waals surface area contributed by atoms with Crippen molar-refractivity contribution in [3.05, 3.63) is 35.4 Å². The number of hydrogen-bond donors (Lipinski definition) is 0. The van der Waals surface area contributed by atoms with Crippen molar-refractivity contribution in [2.75, 3.05) is 13.2 Å². The molecule has 0 aliphatic carbocycles. The summed E-state index contributed by atoms with van der Waals surface area (Å²) in [4.78, 5) is 0. The summed E-state index contributed by atoms with van der Waals surface area (Å²) in [6.45, 7) is 7.48. The van der Waals surface area contributed by atoms with Crippen LogP contribution in [0.3, 0.4) is 0 Å². The Kier molecular flexibility index (Phi) is 9.01. The molecule has 24 heavy (non-hydrogen) atoms. The summed E-state index contributed by atoms with van der Waals surface area (Å²) in [6.07, 6.45) is 0.815. The Morgan fingerprint density at radius 3 is 1.92 bits per heavy atom. The van der Waals surface area contributed by atoms with Crippen LogP contribution in [0.25, 0.3) is 0 Å². The number of benzene rings is 1. The molecule has 0 aliphatic rings. The van der Waals surface area contributed by atoms with Crippen LogP contribution in [-0.2, 0) is 21.4 Å². The molecule has 0 N–H and O–H groups in total. The van der Waals surface area contributed by atoms with E-state index in [1.165, 1.54) is 0 Å². The van der Waals surface area contributed by atoms with Crippen LogP contribution in [0.1, 0.15) is 50.7 Å². The number of alkyl halides is 3. The van der Waals surface area contributed by atoms with Crippen molar-refractivity contribution in [1.82, 2.24) is 0 Å². The van der Waals surface area contributed by atoms with Crippen molar-refractivity contribution >= 4 is 8.56 Å². The number of hydrogen-bond acceptors (Lipinski definition) is 2. The van der Waals surface area contributed by atoms with Crippen molar-refractivity contribution in [2.24, 2.45) is 0 Å². The third-order valence-corrected chi connectivity index (χ3v) is 7.09. The Hall–Kier alpha value is -0.853. The van der Waals surface area contributed by atoms with Crippen LogP contribution in [0.15, 0.2) is 24.3 Å². The van der Waals surface area contributed by atoms with E-state index >= 15 is 0 Å². The lowest BCUT2D eigenvalue weighted by molar-refractivity contribution is -0.137. The Labute approximate surface area is 144 Å². The standard InChI is InChI=1S/C18H29F3O2Si/c1-4-22-24(3,23-5-2)15-9-7-6-8-10-16-11-13-17(14-12-16)18(19,20)21/h11-14H,4-10,15H2,1-3H3. The van der Waals surface area contributed by atoms with Crippen molar-refractivity contribution in [3.8, 4) is 0 Å². The molecule has 0 heterocycles. The normalized spacial score (nSPS) is 12.6. The molecule has 0 aromatic heterocycles. The predicted octanol–water partition coefficient (Wildman–Crippen LogP) is 5.95. The van der Waals surface area contributed by atoms with Gasteiger partial charge in [0.15, 0.2) is 0 Å². The quantitative estimate of drug-likeness (QED) is 0.357. The Balaban J connectivity index is 2.24. The molecule has 6 heteroatoms. The highest BCUT2D eigenvalue weighted by molar-refractivity contribution is 6.66. The number of unbranched alkanes of at least 4 members (excludes halogenated alkanes) is 3. The lowest BCUT2D eigenvalue weighted by Crippen LogP contribution is -2.38.